The van der Waals surface area contributed by atoms with Gasteiger partial charge in [-0.05, 0) is 34.8 Å². The highest BCUT2D eigenvalue weighted by Crippen LogP contribution is 2.34. The zero-order chi connectivity index (χ0) is 22.5. The second-order valence-electron chi connectivity index (χ2n) is 8.29. The number of carbonyl (C=O) groups is 1. The lowest BCUT2D eigenvalue weighted by molar-refractivity contribution is -0.0342. The van der Waals surface area contributed by atoms with Crippen molar-refractivity contribution < 1.29 is 19.0 Å². The average Bonchev–Trinajstić information content (AvgIpc) is 2.87. The molecule has 0 N–H and O–H groups in total. The number of ether oxygens (including phenoxy) is 3. The normalized spacial score (nSPS) is 19.5. The van der Waals surface area contributed by atoms with E-state index in [4.69, 9.17) is 14.2 Å². The molecule has 2 bridgehead atoms. The van der Waals surface area contributed by atoms with Gasteiger partial charge in [0.25, 0.3) is 0 Å². The van der Waals surface area contributed by atoms with Gasteiger partial charge in [0.1, 0.15) is 19.0 Å². The van der Waals surface area contributed by atoms with Crippen LogP contribution in [0.25, 0.3) is 5.57 Å². The molecular weight excluding hydrogens is 416 g/mol. The largest absolute Gasteiger partial charge is 0.487 e. The Morgan fingerprint density at radius 1 is 0.970 bits per heavy atom. The van der Waals surface area contributed by atoms with Crippen LogP contribution < -0.4 is 4.74 Å². The number of nitrogens with zero attached hydrogens (tertiary/aromatic N) is 2. The van der Waals surface area contributed by atoms with E-state index in [2.05, 4.69) is 11.1 Å². The van der Waals surface area contributed by atoms with Crippen LogP contribution >= 0.6 is 0 Å². The van der Waals surface area contributed by atoms with Gasteiger partial charge in [0.05, 0.1) is 31.5 Å². The molecule has 2 aromatic carbocycles. The zero-order valence-corrected chi connectivity index (χ0v) is 18.3. The Labute approximate surface area is 193 Å². The van der Waals surface area contributed by atoms with Crippen LogP contribution in [0.2, 0.25) is 0 Å². The highest BCUT2D eigenvalue weighted by atomic mass is 16.6. The number of carbonyl (C=O) groups excluding carboxylic acids is 1. The molecular formula is C27H26N2O4. The minimum atomic E-state index is -0.300. The SMILES string of the molecule is O=C(OCc1ccccc1)N1C2C=C(c3cncc(OCc4ccccc4)c3)CC1COC2. The Morgan fingerprint density at radius 2 is 1.70 bits per heavy atom. The first-order chi connectivity index (χ1) is 16.3. The molecule has 3 heterocycles. The number of fused-ring (bicyclic) bond motifs is 2. The Bertz CT molecular complexity index is 1120. The molecule has 1 aromatic heterocycles. The Kier molecular flexibility index (Phi) is 6.35. The van der Waals surface area contributed by atoms with Gasteiger partial charge in [0, 0.05) is 6.20 Å². The summed E-state index contributed by atoms with van der Waals surface area (Å²) in [6.07, 6.45) is 6.05. The number of rotatable bonds is 6. The molecule has 5 rings (SSSR count). The van der Waals surface area contributed by atoms with E-state index in [0.717, 1.165) is 28.0 Å². The van der Waals surface area contributed by atoms with Gasteiger partial charge in [-0.2, -0.15) is 0 Å². The number of aromatic nitrogens is 1. The summed E-state index contributed by atoms with van der Waals surface area (Å²) in [5, 5.41) is 0. The number of hydrogen-bond donors (Lipinski definition) is 0. The highest BCUT2D eigenvalue weighted by molar-refractivity contribution is 5.74. The van der Waals surface area contributed by atoms with E-state index < -0.39 is 0 Å². The maximum atomic E-state index is 12.9. The van der Waals surface area contributed by atoms with Crippen molar-refractivity contribution in [2.45, 2.75) is 31.7 Å². The summed E-state index contributed by atoms with van der Waals surface area (Å²) in [5.41, 5.74) is 4.24. The summed E-state index contributed by atoms with van der Waals surface area (Å²) in [6, 6.07) is 21.6. The molecule has 33 heavy (non-hydrogen) atoms. The minimum Gasteiger partial charge on any atom is -0.487 e. The van der Waals surface area contributed by atoms with Gasteiger partial charge in [0.2, 0.25) is 0 Å². The Morgan fingerprint density at radius 3 is 2.42 bits per heavy atom. The average molecular weight is 443 g/mol. The molecule has 1 fully saturated rings. The van der Waals surface area contributed by atoms with E-state index in [0.29, 0.717) is 26.2 Å². The van der Waals surface area contributed by atoms with Gasteiger partial charge in [-0.25, -0.2) is 4.79 Å². The van der Waals surface area contributed by atoms with Crippen LogP contribution in [0.3, 0.4) is 0 Å². The molecule has 0 spiro atoms. The first-order valence-corrected chi connectivity index (χ1v) is 11.2. The lowest BCUT2D eigenvalue weighted by Crippen LogP contribution is -2.56. The van der Waals surface area contributed by atoms with Gasteiger partial charge in [0.15, 0.2) is 0 Å². The van der Waals surface area contributed by atoms with Crippen LogP contribution in [0.4, 0.5) is 4.79 Å². The molecule has 3 aromatic rings. The van der Waals surface area contributed by atoms with Crippen molar-refractivity contribution in [1.82, 2.24) is 9.88 Å². The number of benzene rings is 2. The number of pyridine rings is 1. The molecule has 1 amide bonds. The van der Waals surface area contributed by atoms with Crippen molar-refractivity contribution in [1.29, 1.82) is 0 Å². The molecule has 2 aliphatic heterocycles. The molecule has 0 radical (unpaired) electrons. The third-order valence-electron chi connectivity index (χ3n) is 5.95. The van der Waals surface area contributed by atoms with Crippen molar-refractivity contribution in [3.8, 4) is 5.75 Å². The zero-order valence-electron chi connectivity index (χ0n) is 18.3. The summed E-state index contributed by atoms with van der Waals surface area (Å²) in [6.45, 7) is 1.70. The van der Waals surface area contributed by atoms with Gasteiger partial charge in [-0.15, -0.1) is 0 Å². The lowest BCUT2D eigenvalue weighted by Gasteiger charge is -2.43. The van der Waals surface area contributed by atoms with E-state index in [9.17, 15) is 4.79 Å². The maximum Gasteiger partial charge on any atom is 0.411 e. The van der Waals surface area contributed by atoms with Crippen LogP contribution in [0.15, 0.2) is 85.2 Å². The van der Waals surface area contributed by atoms with E-state index in [1.165, 1.54) is 0 Å². The monoisotopic (exact) mass is 442 g/mol. The van der Waals surface area contributed by atoms with Crippen LogP contribution in [0, 0.1) is 0 Å². The summed E-state index contributed by atoms with van der Waals surface area (Å²) < 4.78 is 17.3. The predicted molar refractivity (Wildman–Crippen MR) is 124 cm³/mol. The summed E-state index contributed by atoms with van der Waals surface area (Å²) in [7, 11) is 0. The van der Waals surface area contributed by atoms with E-state index in [-0.39, 0.29) is 24.8 Å². The van der Waals surface area contributed by atoms with Crippen LogP contribution in [0.5, 0.6) is 5.75 Å². The second-order valence-corrected chi connectivity index (χ2v) is 8.29. The number of morpholine rings is 1. The van der Waals surface area contributed by atoms with Gasteiger partial charge in [-0.3, -0.25) is 9.88 Å². The molecule has 1 saturated heterocycles. The molecule has 2 unspecified atom stereocenters. The standard InChI is InChI=1S/C27H26N2O4/c30-27(33-17-21-9-5-2-6-10-21)29-24-11-22(12-25(29)19-31-18-24)23-13-26(15-28-14-23)32-16-20-7-3-1-4-8-20/h1-11,13-15,24-25H,12,16-19H2. The van der Waals surface area contributed by atoms with Crippen molar-refractivity contribution in [2.75, 3.05) is 13.2 Å². The van der Waals surface area contributed by atoms with Crippen molar-refractivity contribution >= 4 is 11.7 Å². The third-order valence-corrected chi connectivity index (χ3v) is 5.95. The molecule has 2 aliphatic rings. The smallest absolute Gasteiger partial charge is 0.411 e. The molecule has 6 nitrogen and oxygen atoms in total. The second kappa shape index (κ2) is 9.88. The fraction of sp³-hybridized carbons (Fsp3) is 0.259. The molecule has 0 aliphatic carbocycles. The predicted octanol–water partition coefficient (Wildman–Crippen LogP) is 4.85. The molecule has 2 atom stereocenters. The lowest BCUT2D eigenvalue weighted by atomic mass is 9.91. The van der Waals surface area contributed by atoms with Gasteiger partial charge < -0.3 is 14.2 Å². The van der Waals surface area contributed by atoms with Crippen molar-refractivity contribution in [2.24, 2.45) is 0 Å². The highest BCUT2D eigenvalue weighted by Gasteiger charge is 2.39. The molecule has 6 heteroatoms. The Hall–Kier alpha value is -3.64. The topological polar surface area (TPSA) is 60.9 Å². The molecule has 168 valence electrons. The number of hydrogen-bond acceptors (Lipinski definition) is 5. The van der Waals surface area contributed by atoms with Gasteiger partial charge >= 0.3 is 6.09 Å². The van der Waals surface area contributed by atoms with Gasteiger partial charge in [-0.1, -0.05) is 66.7 Å². The fourth-order valence-electron chi connectivity index (χ4n) is 4.30. The fourth-order valence-corrected chi connectivity index (χ4v) is 4.30. The van der Waals surface area contributed by atoms with Crippen LogP contribution in [-0.4, -0.2) is 41.3 Å². The quantitative estimate of drug-likeness (QED) is 0.546. The third kappa shape index (κ3) is 5.07. The van der Waals surface area contributed by atoms with E-state index >= 15 is 0 Å². The summed E-state index contributed by atoms with van der Waals surface area (Å²) >= 11 is 0. The van der Waals surface area contributed by atoms with Crippen LogP contribution in [-0.2, 0) is 22.7 Å². The van der Waals surface area contributed by atoms with Crippen LogP contribution in [0.1, 0.15) is 23.1 Å². The Balaban J connectivity index is 1.27. The first-order valence-electron chi connectivity index (χ1n) is 11.2. The maximum absolute atomic E-state index is 12.9. The van der Waals surface area contributed by atoms with E-state index in [1.807, 2.05) is 77.8 Å². The minimum absolute atomic E-state index is 0.0686. The van der Waals surface area contributed by atoms with Crippen molar-refractivity contribution in [3.63, 3.8) is 0 Å². The van der Waals surface area contributed by atoms with E-state index in [1.54, 1.807) is 6.20 Å². The summed E-state index contributed by atoms with van der Waals surface area (Å²) in [4.78, 5) is 19.1. The summed E-state index contributed by atoms with van der Waals surface area (Å²) in [5.74, 6) is 0.725. The number of amides is 1. The first kappa shape index (κ1) is 21.2. The van der Waals surface area contributed by atoms with Crippen molar-refractivity contribution in [3.05, 3.63) is 102 Å². The molecule has 0 saturated carbocycles.